The number of rotatable bonds is 7. The van der Waals surface area contributed by atoms with Crippen molar-refractivity contribution in [2.75, 3.05) is 12.5 Å². The minimum atomic E-state index is -1.48. The Bertz CT molecular complexity index is 2050. The Kier molecular flexibility index (Phi) is 7.58. The van der Waals surface area contributed by atoms with Crippen molar-refractivity contribution in [3.05, 3.63) is 137 Å². The van der Waals surface area contributed by atoms with Crippen LogP contribution < -0.4 is 10.2 Å². The Balaban J connectivity index is 1.31. The van der Waals surface area contributed by atoms with Crippen LogP contribution >= 0.6 is 0 Å². The molecule has 9 heteroatoms. The smallest absolute Gasteiger partial charge is 0.260 e. The van der Waals surface area contributed by atoms with Crippen molar-refractivity contribution in [3.63, 3.8) is 0 Å². The summed E-state index contributed by atoms with van der Waals surface area (Å²) in [5.74, 6) is -4.88. The van der Waals surface area contributed by atoms with E-state index in [0.717, 1.165) is 21.7 Å². The van der Waals surface area contributed by atoms with Gasteiger partial charge < -0.3 is 9.84 Å². The Morgan fingerprint density at radius 3 is 2.22 bits per heavy atom. The van der Waals surface area contributed by atoms with E-state index in [4.69, 9.17) is 4.74 Å². The molecule has 2 saturated heterocycles. The lowest BCUT2D eigenvalue weighted by Gasteiger charge is -2.50. The van der Waals surface area contributed by atoms with Crippen molar-refractivity contribution in [2.45, 2.75) is 37.6 Å². The molecule has 2 aliphatic heterocycles. The maximum absolute atomic E-state index is 15.2. The summed E-state index contributed by atoms with van der Waals surface area (Å²) >= 11 is 0. The molecule has 8 rings (SSSR count). The summed E-state index contributed by atoms with van der Waals surface area (Å²) in [7, 11) is 1.46. The van der Waals surface area contributed by atoms with Gasteiger partial charge >= 0.3 is 0 Å². The molecule has 0 bridgehead atoms. The number of hydrogen-bond donors (Lipinski definition) is 2. The molecular weight excluding hydrogens is 630 g/mol. The monoisotopic (exact) mass is 667 g/mol. The van der Waals surface area contributed by atoms with E-state index in [1.54, 1.807) is 18.2 Å². The molecule has 2 heterocycles. The van der Waals surface area contributed by atoms with E-state index in [2.05, 4.69) is 5.43 Å². The van der Waals surface area contributed by atoms with Crippen LogP contribution in [0.2, 0.25) is 0 Å². The minimum Gasteiger partial charge on any atom is -0.504 e. The Morgan fingerprint density at radius 2 is 1.52 bits per heavy atom. The largest absolute Gasteiger partial charge is 0.504 e. The average Bonchev–Trinajstić information content (AvgIpc) is 3.50. The highest BCUT2D eigenvalue weighted by Gasteiger charge is 2.70. The van der Waals surface area contributed by atoms with Crippen LogP contribution in [0.15, 0.2) is 115 Å². The van der Waals surface area contributed by atoms with Crippen LogP contribution in [-0.2, 0) is 31.1 Å². The first-order chi connectivity index (χ1) is 24.2. The van der Waals surface area contributed by atoms with E-state index in [-0.39, 0.29) is 36.3 Å². The third-order valence-electron chi connectivity index (χ3n) is 11.2. The number of methoxy groups -OCH3 is 1. The molecule has 6 atom stereocenters. The van der Waals surface area contributed by atoms with Gasteiger partial charge in [0.25, 0.3) is 11.8 Å². The second-order valence-electron chi connectivity index (χ2n) is 13.7. The van der Waals surface area contributed by atoms with Crippen LogP contribution in [0.1, 0.15) is 41.0 Å². The Labute approximate surface area is 290 Å². The average molecular weight is 668 g/mol. The molecule has 4 aromatic carbocycles. The van der Waals surface area contributed by atoms with Crippen LogP contribution in [-0.4, -0.2) is 45.8 Å². The highest BCUT2D eigenvalue weighted by Crippen LogP contribution is 2.65. The summed E-state index contributed by atoms with van der Waals surface area (Å²) in [4.78, 5) is 59.7. The third kappa shape index (κ3) is 4.60. The molecule has 9 nitrogen and oxygen atoms in total. The van der Waals surface area contributed by atoms with E-state index in [1.165, 1.54) is 12.0 Å². The molecule has 2 N–H and O–H groups in total. The number of nitrogens with one attached hydrogen (secondary N) is 1. The lowest BCUT2D eigenvalue weighted by atomic mass is 9.49. The van der Waals surface area contributed by atoms with Crippen LogP contribution in [0.4, 0.5) is 5.69 Å². The van der Waals surface area contributed by atoms with Crippen molar-refractivity contribution in [1.82, 2.24) is 9.91 Å². The number of phenols is 1. The molecule has 50 heavy (non-hydrogen) atoms. The standard InChI is InChI=1S/C41H37N3O6/c1-24-16-18-27(19-17-24)42-44-38(47)32-22-31-28(20-21-29-34(31)39(48)43(37(29)46)23-25-10-5-3-6-11-25)35(30-14-9-15-33(50-2)36(30)45)41(32,40(44)49)26-12-7-4-8-13-26/h3-20,29,31-32,34-35,42,45H,21-23H2,1-2H3. The number of ether oxygens (including phenoxy) is 1. The molecule has 2 aliphatic carbocycles. The molecule has 4 aliphatic rings. The summed E-state index contributed by atoms with van der Waals surface area (Å²) in [6.45, 7) is 2.12. The van der Waals surface area contributed by atoms with Gasteiger partial charge in [0.05, 0.1) is 42.5 Å². The number of benzene rings is 4. The topological polar surface area (TPSA) is 116 Å². The van der Waals surface area contributed by atoms with Gasteiger partial charge in [0, 0.05) is 11.5 Å². The first-order valence-electron chi connectivity index (χ1n) is 17.0. The second-order valence-corrected chi connectivity index (χ2v) is 13.7. The summed E-state index contributed by atoms with van der Waals surface area (Å²) in [6, 6.07) is 31.3. The molecule has 4 amide bonds. The highest BCUT2D eigenvalue weighted by molar-refractivity contribution is 6.13. The molecule has 1 saturated carbocycles. The molecule has 0 aromatic heterocycles. The quantitative estimate of drug-likeness (QED) is 0.186. The van der Waals surface area contributed by atoms with Crippen molar-refractivity contribution in [1.29, 1.82) is 0 Å². The van der Waals surface area contributed by atoms with Crippen LogP contribution in [0.25, 0.3) is 0 Å². The lowest BCUT2D eigenvalue weighted by molar-refractivity contribution is -0.142. The molecular formula is C41H37N3O6. The van der Waals surface area contributed by atoms with Crippen molar-refractivity contribution >= 4 is 29.3 Å². The van der Waals surface area contributed by atoms with Crippen LogP contribution in [0, 0.1) is 30.6 Å². The number of fused-ring (bicyclic) bond motifs is 4. The molecule has 6 unspecified atom stereocenters. The first kappa shape index (κ1) is 31.6. The van der Waals surface area contributed by atoms with E-state index >= 15 is 4.79 Å². The maximum atomic E-state index is 15.2. The number of hydrazine groups is 1. The number of aryl methyl sites for hydroxylation is 1. The van der Waals surface area contributed by atoms with Gasteiger partial charge in [-0.3, -0.25) is 29.5 Å². The van der Waals surface area contributed by atoms with Crippen LogP contribution in [0.3, 0.4) is 0 Å². The van der Waals surface area contributed by atoms with Gasteiger partial charge in [0.1, 0.15) is 0 Å². The number of carbonyl (C=O) groups excluding carboxylic acids is 4. The zero-order valence-electron chi connectivity index (χ0n) is 27.8. The van der Waals surface area contributed by atoms with Crippen molar-refractivity contribution in [2.24, 2.45) is 23.7 Å². The number of aromatic hydroxyl groups is 1. The zero-order chi connectivity index (χ0) is 34.7. The fourth-order valence-corrected chi connectivity index (χ4v) is 9.02. The predicted molar refractivity (Wildman–Crippen MR) is 185 cm³/mol. The zero-order valence-corrected chi connectivity index (χ0v) is 27.8. The fourth-order valence-electron chi connectivity index (χ4n) is 9.02. The van der Waals surface area contributed by atoms with Crippen molar-refractivity contribution < 1.29 is 29.0 Å². The second kappa shape index (κ2) is 12.0. The van der Waals surface area contributed by atoms with Gasteiger partial charge in [-0.05, 0) is 55.0 Å². The molecule has 3 fully saturated rings. The number of anilines is 1. The van der Waals surface area contributed by atoms with Gasteiger partial charge in [-0.1, -0.05) is 102 Å². The number of imide groups is 2. The van der Waals surface area contributed by atoms with Gasteiger partial charge in [-0.25, -0.2) is 0 Å². The number of allylic oxidation sites excluding steroid dienone is 2. The van der Waals surface area contributed by atoms with Crippen molar-refractivity contribution in [3.8, 4) is 11.5 Å². The van der Waals surface area contributed by atoms with E-state index < -0.39 is 46.8 Å². The SMILES string of the molecule is COc1cccc(C2C3=CCC4C(=O)N(Cc5ccccc5)C(=O)C4C3CC3C(=O)N(Nc4ccc(C)cc4)C(=O)C32c2ccccc2)c1O. The number of hydrogen-bond acceptors (Lipinski definition) is 7. The molecule has 0 spiro atoms. The molecule has 0 radical (unpaired) electrons. The molecule has 252 valence electrons. The fraction of sp³-hybridized carbons (Fsp3) is 0.268. The summed E-state index contributed by atoms with van der Waals surface area (Å²) in [5.41, 5.74) is 5.90. The van der Waals surface area contributed by atoms with Gasteiger partial charge in [-0.15, -0.1) is 0 Å². The van der Waals surface area contributed by atoms with Gasteiger partial charge in [0.15, 0.2) is 11.5 Å². The number of carbonyl (C=O) groups is 4. The number of phenolic OH excluding ortho intramolecular Hbond substituents is 1. The summed E-state index contributed by atoms with van der Waals surface area (Å²) in [6.07, 6.45) is 2.47. The normalized spacial score (nSPS) is 27.1. The number of likely N-dealkylation sites (tertiary alicyclic amines) is 1. The first-order valence-corrected chi connectivity index (χ1v) is 17.0. The van der Waals surface area contributed by atoms with Gasteiger partial charge in [0.2, 0.25) is 11.8 Å². The minimum absolute atomic E-state index is 0.137. The number of nitrogens with zero attached hydrogens (tertiary/aromatic N) is 2. The summed E-state index contributed by atoms with van der Waals surface area (Å²) < 4.78 is 5.54. The maximum Gasteiger partial charge on any atom is 0.260 e. The van der Waals surface area contributed by atoms with Gasteiger partial charge in [-0.2, -0.15) is 5.01 Å². The lowest BCUT2D eigenvalue weighted by Crippen LogP contribution is -2.53. The van der Waals surface area contributed by atoms with E-state index in [9.17, 15) is 19.5 Å². The third-order valence-corrected chi connectivity index (χ3v) is 11.2. The Morgan fingerprint density at radius 1 is 0.820 bits per heavy atom. The Hall–Kier alpha value is -5.70. The van der Waals surface area contributed by atoms with E-state index in [1.807, 2.05) is 97.9 Å². The number of para-hydroxylation sites is 1. The molecule has 4 aromatic rings. The van der Waals surface area contributed by atoms with E-state index in [0.29, 0.717) is 23.2 Å². The highest BCUT2D eigenvalue weighted by atomic mass is 16.5. The number of amides is 4. The predicted octanol–water partition coefficient (Wildman–Crippen LogP) is 5.89. The summed E-state index contributed by atoms with van der Waals surface area (Å²) in [5, 5.41) is 12.9. The van der Waals surface area contributed by atoms with Crippen LogP contribution in [0.5, 0.6) is 11.5 Å².